The molecule has 2 aliphatic rings. The summed E-state index contributed by atoms with van der Waals surface area (Å²) in [6.45, 7) is 0. The number of ether oxygens (including phenoxy) is 1. The predicted octanol–water partition coefficient (Wildman–Crippen LogP) is 2.71. The van der Waals surface area contributed by atoms with Gasteiger partial charge in [-0.1, -0.05) is 11.6 Å². The molecule has 0 aromatic heterocycles. The van der Waals surface area contributed by atoms with Gasteiger partial charge in [0, 0.05) is 5.02 Å². The van der Waals surface area contributed by atoms with E-state index >= 15 is 0 Å². The van der Waals surface area contributed by atoms with Crippen molar-refractivity contribution in [1.82, 2.24) is 5.32 Å². The molecule has 0 spiro atoms. The number of amides is 2. The molecule has 5 nitrogen and oxygen atoms in total. The Morgan fingerprint density at radius 1 is 1.30 bits per heavy atom. The fourth-order valence-corrected chi connectivity index (χ4v) is 2.77. The van der Waals surface area contributed by atoms with Crippen molar-refractivity contribution in [3.8, 4) is 0 Å². The predicted molar refractivity (Wildman–Crippen MR) is 91.0 cm³/mol. The number of anilines is 1. The van der Waals surface area contributed by atoms with Gasteiger partial charge in [0.2, 0.25) is 0 Å². The van der Waals surface area contributed by atoms with E-state index in [2.05, 4.69) is 5.32 Å². The first-order chi connectivity index (χ1) is 11.1. The molecule has 1 aromatic carbocycles. The van der Waals surface area contributed by atoms with E-state index in [1.807, 2.05) is 6.08 Å². The van der Waals surface area contributed by atoms with E-state index in [-0.39, 0.29) is 16.8 Å². The molecule has 0 saturated carbocycles. The SMILES string of the molecule is O=C1NC(=S)N(c2ccc(Cl)cc2)C(=O)/C1=C\C1CCC=CO1. The van der Waals surface area contributed by atoms with Crippen molar-refractivity contribution in [3.05, 3.63) is 53.3 Å². The van der Waals surface area contributed by atoms with Crippen LogP contribution in [0.1, 0.15) is 12.8 Å². The Labute approximate surface area is 143 Å². The van der Waals surface area contributed by atoms with E-state index in [9.17, 15) is 9.59 Å². The Bertz CT molecular complexity index is 727. The van der Waals surface area contributed by atoms with Crippen LogP contribution in [0.2, 0.25) is 5.02 Å². The molecule has 2 amide bonds. The lowest BCUT2D eigenvalue weighted by atomic mass is 10.1. The second-order valence-electron chi connectivity index (χ2n) is 5.08. The first-order valence-corrected chi connectivity index (χ1v) is 7.82. The van der Waals surface area contributed by atoms with Crippen LogP contribution < -0.4 is 10.2 Å². The van der Waals surface area contributed by atoms with Crippen molar-refractivity contribution >= 4 is 46.4 Å². The van der Waals surface area contributed by atoms with Gasteiger partial charge in [-0.3, -0.25) is 19.8 Å². The monoisotopic (exact) mass is 348 g/mol. The fraction of sp³-hybridized carbons (Fsp3) is 0.188. The minimum atomic E-state index is -0.511. The van der Waals surface area contributed by atoms with Gasteiger partial charge in [-0.2, -0.15) is 0 Å². The van der Waals surface area contributed by atoms with E-state index < -0.39 is 11.8 Å². The van der Waals surface area contributed by atoms with Gasteiger partial charge in [0.1, 0.15) is 11.7 Å². The smallest absolute Gasteiger partial charge is 0.270 e. The number of rotatable bonds is 2. The number of halogens is 1. The minimum absolute atomic E-state index is 0.0221. The third kappa shape index (κ3) is 3.28. The first kappa shape index (κ1) is 15.7. The van der Waals surface area contributed by atoms with Crippen molar-refractivity contribution in [1.29, 1.82) is 0 Å². The zero-order valence-electron chi connectivity index (χ0n) is 12.0. The van der Waals surface area contributed by atoms with Gasteiger partial charge in [0.25, 0.3) is 11.8 Å². The largest absolute Gasteiger partial charge is 0.494 e. The number of allylic oxidation sites excluding steroid dienone is 1. The van der Waals surface area contributed by atoms with Gasteiger partial charge in [-0.05, 0) is 61.5 Å². The lowest BCUT2D eigenvalue weighted by Crippen LogP contribution is -2.54. The number of hydrogen-bond acceptors (Lipinski definition) is 4. The number of hydrogen-bond donors (Lipinski definition) is 1. The Morgan fingerprint density at radius 2 is 2.04 bits per heavy atom. The first-order valence-electron chi connectivity index (χ1n) is 7.04. The average Bonchev–Trinajstić information content (AvgIpc) is 2.54. The number of nitrogens with one attached hydrogen (secondary N) is 1. The quantitative estimate of drug-likeness (QED) is 0.507. The third-order valence-electron chi connectivity index (χ3n) is 3.51. The Balaban J connectivity index is 1.92. The summed E-state index contributed by atoms with van der Waals surface area (Å²) in [5.74, 6) is -0.984. The topological polar surface area (TPSA) is 58.6 Å². The highest BCUT2D eigenvalue weighted by Gasteiger charge is 2.35. The number of carbonyl (C=O) groups excluding carboxylic acids is 2. The summed E-state index contributed by atoms with van der Waals surface area (Å²) < 4.78 is 5.40. The second-order valence-corrected chi connectivity index (χ2v) is 5.90. The number of nitrogens with zero attached hydrogens (tertiary/aromatic N) is 1. The van der Waals surface area contributed by atoms with Crippen molar-refractivity contribution in [3.63, 3.8) is 0 Å². The molecule has 7 heteroatoms. The number of carbonyl (C=O) groups is 2. The van der Waals surface area contributed by atoms with Crippen molar-refractivity contribution in [2.45, 2.75) is 18.9 Å². The van der Waals surface area contributed by atoms with Crippen LogP contribution in [0.15, 0.2) is 48.3 Å². The second kappa shape index (κ2) is 6.52. The molecule has 1 aromatic rings. The van der Waals surface area contributed by atoms with Gasteiger partial charge in [-0.25, -0.2) is 0 Å². The molecule has 1 saturated heterocycles. The van der Waals surface area contributed by atoms with Crippen molar-refractivity contribution < 1.29 is 14.3 Å². The molecule has 118 valence electrons. The molecular formula is C16H13ClN2O3S. The van der Waals surface area contributed by atoms with Crippen LogP contribution in [0.25, 0.3) is 0 Å². The molecule has 1 fully saturated rings. The summed E-state index contributed by atoms with van der Waals surface area (Å²) in [6, 6.07) is 6.65. The Hall–Kier alpha value is -2.18. The van der Waals surface area contributed by atoms with Gasteiger partial charge in [-0.15, -0.1) is 0 Å². The molecule has 3 rings (SSSR count). The number of benzene rings is 1. The van der Waals surface area contributed by atoms with E-state index in [0.29, 0.717) is 17.1 Å². The maximum absolute atomic E-state index is 12.7. The molecule has 23 heavy (non-hydrogen) atoms. The molecule has 0 bridgehead atoms. The maximum Gasteiger partial charge on any atom is 0.270 e. The van der Waals surface area contributed by atoms with Gasteiger partial charge in [0.15, 0.2) is 5.11 Å². The molecule has 2 heterocycles. The van der Waals surface area contributed by atoms with Gasteiger partial charge < -0.3 is 4.74 Å². The molecule has 0 aliphatic carbocycles. The van der Waals surface area contributed by atoms with E-state index in [1.54, 1.807) is 36.6 Å². The highest BCUT2D eigenvalue weighted by Crippen LogP contribution is 2.23. The highest BCUT2D eigenvalue weighted by molar-refractivity contribution is 7.80. The van der Waals surface area contributed by atoms with Crippen LogP contribution in [-0.4, -0.2) is 23.0 Å². The lowest BCUT2D eigenvalue weighted by molar-refractivity contribution is -0.122. The molecule has 2 aliphatic heterocycles. The zero-order chi connectivity index (χ0) is 16.4. The van der Waals surface area contributed by atoms with E-state index in [0.717, 1.165) is 6.42 Å². The van der Waals surface area contributed by atoms with E-state index in [1.165, 1.54) is 4.90 Å². The molecule has 0 radical (unpaired) electrons. The summed E-state index contributed by atoms with van der Waals surface area (Å²) in [7, 11) is 0. The summed E-state index contributed by atoms with van der Waals surface area (Å²) in [5, 5.41) is 3.13. The number of thiocarbonyl (C=S) groups is 1. The van der Waals surface area contributed by atoms with Crippen molar-refractivity contribution in [2.75, 3.05) is 4.90 Å². The van der Waals surface area contributed by atoms with Crippen LogP contribution in [0, 0.1) is 0 Å². The van der Waals surface area contributed by atoms with Crippen LogP contribution in [0.5, 0.6) is 0 Å². The highest BCUT2D eigenvalue weighted by atomic mass is 35.5. The molecule has 1 N–H and O–H groups in total. The lowest BCUT2D eigenvalue weighted by Gasteiger charge is -2.29. The summed E-state index contributed by atoms with van der Waals surface area (Å²) in [6.07, 6.45) is 6.27. The molecular weight excluding hydrogens is 336 g/mol. The normalized spacial score (nSPS) is 23.0. The van der Waals surface area contributed by atoms with Crippen LogP contribution in [0.4, 0.5) is 5.69 Å². The minimum Gasteiger partial charge on any atom is -0.494 e. The third-order valence-corrected chi connectivity index (χ3v) is 4.04. The summed E-state index contributed by atoms with van der Waals surface area (Å²) >= 11 is 11.0. The summed E-state index contributed by atoms with van der Waals surface area (Å²) in [5.41, 5.74) is 0.564. The average molecular weight is 349 g/mol. The molecule has 1 atom stereocenters. The van der Waals surface area contributed by atoms with Crippen LogP contribution in [0.3, 0.4) is 0 Å². The van der Waals surface area contributed by atoms with Gasteiger partial charge >= 0.3 is 0 Å². The van der Waals surface area contributed by atoms with Crippen molar-refractivity contribution in [2.24, 2.45) is 0 Å². The zero-order valence-corrected chi connectivity index (χ0v) is 13.6. The van der Waals surface area contributed by atoms with Gasteiger partial charge in [0.05, 0.1) is 11.9 Å². The fourth-order valence-electron chi connectivity index (χ4n) is 2.36. The summed E-state index contributed by atoms with van der Waals surface area (Å²) in [4.78, 5) is 26.1. The molecule has 1 unspecified atom stereocenters. The Kier molecular flexibility index (Phi) is 4.45. The van der Waals surface area contributed by atoms with Crippen LogP contribution >= 0.6 is 23.8 Å². The van der Waals surface area contributed by atoms with Crippen LogP contribution in [-0.2, 0) is 14.3 Å². The van der Waals surface area contributed by atoms with E-state index in [4.69, 9.17) is 28.6 Å². The standard InChI is InChI=1S/C16H13ClN2O3S/c17-10-4-6-11(7-5-10)19-15(21)13(14(20)18-16(19)23)9-12-3-1-2-8-22-12/h2,4-9,12H,1,3H2,(H,18,20,23)/b13-9-. The maximum atomic E-state index is 12.7. The Morgan fingerprint density at radius 3 is 2.70 bits per heavy atom.